The Morgan fingerprint density at radius 3 is 2.50 bits per heavy atom. The average molecular weight is 214 g/mol. The molecule has 0 spiro atoms. The molecule has 0 aliphatic rings. The maximum Gasteiger partial charge on any atom is 0.142 e. The van der Waals surface area contributed by atoms with Crippen LogP contribution in [0.25, 0.3) is 0 Å². The van der Waals surface area contributed by atoms with Gasteiger partial charge in [-0.05, 0) is 25.8 Å². The van der Waals surface area contributed by atoms with Gasteiger partial charge in [0.15, 0.2) is 0 Å². The van der Waals surface area contributed by atoms with Gasteiger partial charge in [-0.25, -0.2) is 0 Å². The molecule has 0 aliphatic heterocycles. The normalized spacial score (nSPS) is 10.8. The van der Waals surface area contributed by atoms with Crippen LogP contribution in [0.15, 0.2) is 30.3 Å². The second kappa shape index (κ2) is 5.51. The molecule has 84 valence electrons. The Morgan fingerprint density at radius 2 is 1.94 bits per heavy atom. The van der Waals surface area contributed by atoms with Crippen molar-refractivity contribution >= 4 is 5.78 Å². The molecule has 0 N–H and O–H groups in total. The second-order valence-electron chi connectivity index (χ2n) is 4.47. The van der Waals surface area contributed by atoms with Crippen molar-refractivity contribution < 1.29 is 4.79 Å². The van der Waals surface area contributed by atoms with Crippen molar-refractivity contribution in [3.05, 3.63) is 35.9 Å². The Morgan fingerprint density at radius 1 is 1.31 bits per heavy atom. The fourth-order valence-electron chi connectivity index (χ4n) is 1.68. The number of carbonyl (C=O) groups is 1. The van der Waals surface area contributed by atoms with Crippen LogP contribution in [0.1, 0.15) is 38.7 Å². The van der Waals surface area contributed by atoms with E-state index in [0.717, 1.165) is 12.0 Å². The largest absolute Gasteiger partial charge is 0.299 e. The smallest absolute Gasteiger partial charge is 0.142 e. The molecule has 1 aromatic rings. The number of hydrogen-bond acceptors (Lipinski definition) is 1. The number of unbranched alkanes of at least 4 members (excludes halogenated alkanes) is 1. The van der Waals surface area contributed by atoms with Crippen molar-refractivity contribution in [2.45, 2.75) is 38.5 Å². The maximum atomic E-state index is 12.1. The predicted molar refractivity (Wildman–Crippen MR) is 67.2 cm³/mol. The van der Waals surface area contributed by atoms with E-state index in [1.165, 1.54) is 0 Å². The highest BCUT2D eigenvalue weighted by Crippen LogP contribution is 2.25. The number of carbonyl (C=O) groups excluding carboxylic acids is 1. The summed E-state index contributed by atoms with van der Waals surface area (Å²) >= 11 is 0. The van der Waals surface area contributed by atoms with E-state index in [2.05, 4.69) is 5.92 Å². The lowest BCUT2D eigenvalue weighted by Crippen LogP contribution is -2.28. The van der Waals surface area contributed by atoms with E-state index < -0.39 is 5.41 Å². The zero-order valence-corrected chi connectivity index (χ0v) is 9.99. The lowest BCUT2D eigenvalue weighted by molar-refractivity contribution is -0.123. The average Bonchev–Trinajstić information content (AvgIpc) is 2.30. The summed E-state index contributed by atoms with van der Waals surface area (Å²) in [4.78, 5) is 12.1. The number of ketones is 1. The first-order chi connectivity index (χ1) is 7.59. The van der Waals surface area contributed by atoms with Crippen LogP contribution in [0.5, 0.6) is 0 Å². The summed E-state index contributed by atoms with van der Waals surface area (Å²) in [6.07, 6.45) is 7.20. The minimum atomic E-state index is -0.407. The van der Waals surface area contributed by atoms with Gasteiger partial charge in [-0.3, -0.25) is 4.79 Å². The second-order valence-corrected chi connectivity index (χ2v) is 4.47. The third-order valence-electron chi connectivity index (χ3n) is 2.92. The van der Waals surface area contributed by atoms with Crippen molar-refractivity contribution in [1.82, 2.24) is 0 Å². The minimum absolute atomic E-state index is 0.258. The summed E-state index contributed by atoms with van der Waals surface area (Å²) in [6, 6.07) is 9.89. The predicted octanol–water partition coefficient (Wildman–Crippen LogP) is 3.34. The molecule has 1 heteroatoms. The standard InChI is InChI=1S/C15H18O/c1-4-5-7-12-14(16)15(2,3)13-10-8-6-9-11-13/h1,6,8-11H,5,7,12H2,2-3H3. The van der Waals surface area contributed by atoms with Gasteiger partial charge >= 0.3 is 0 Å². The molecule has 16 heavy (non-hydrogen) atoms. The van der Waals surface area contributed by atoms with Crippen LogP contribution in [-0.2, 0) is 10.2 Å². The van der Waals surface area contributed by atoms with E-state index >= 15 is 0 Å². The van der Waals surface area contributed by atoms with E-state index in [0.29, 0.717) is 12.8 Å². The number of hydrogen-bond donors (Lipinski definition) is 0. The summed E-state index contributed by atoms with van der Waals surface area (Å²) in [5.41, 5.74) is 0.663. The Bertz CT molecular complexity index is 382. The Balaban J connectivity index is 2.71. The van der Waals surface area contributed by atoms with Gasteiger partial charge < -0.3 is 0 Å². The Kier molecular flexibility index (Phi) is 4.31. The van der Waals surface area contributed by atoms with Crippen LogP contribution in [0, 0.1) is 12.3 Å². The number of rotatable bonds is 5. The zero-order chi connectivity index (χ0) is 12.0. The zero-order valence-electron chi connectivity index (χ0n) is 9.99. The van der Waals surface area contributed by atoms with E-state index in [9.17, 15) is 4.79 Å². The molecule has 0 atom stereocenters. The quantitative estimate of drug-likeness (QED) is 0.542. The molecule has 0 unspecified atom stereocenters. The monoisotopic (exact) mass is 214 g/mol. The van der Waals surface area contributed by atoms with Crippen LogP contribution in [0.2, 0.25) is 0 Å². The highest BCUT2D eigenvalue weighted by molar-refractivity contribution is 5.89. The Labute approximate surface area is 97.9 Å². The van der Waals surface area contributed by atoms with Gasteiger partial charge in [-0.1, -0.05) is 30.3 Å². The highest BCUT2D eigenvalue weighted by Gasteiger charge is 2.28. The molecule has 0 saturated heterocycles. The molecule has 0 bridgehead atoms. The first-order valence-electron chi connectivity index (χ1n) is 5.61. The van der Waals surface area contributed by atoms with Gasteiger partial charge in [0.05, 0.1) is 0 Å². The van der Waals surface area contributed by atoms with Crippen molar-refractivity contribution in [1.29, 1.82) is 0 Å². The van der Waals surface area contributed by atoms with Crippen LogP contribution < -0.4 is 0 Å². The van der Waals surface area contributed by atoms with Crippen molar-refractivity contribution in [3.63, 3.8) is 0 Å². The lowest BCUT2D eigenvalue weighted by atomic mass is 9.79. The molecule has 0 heterocycles. The summed E-state index contributed by atoms with van der Waals surface area (Å²) in [6.45, 7) is 3.95. The lowest BCUT2D eigenvalue weighted by Gasteiger charge is -2.23. The van der Waals surface area contributed by atoms with Crippen LogP contribution >= 0.6 is 0 Å². The van der Waals surface area contributed by atoms with Gasteiger partial charge in [-0.2, -0.15) is 0 Å². The van der Waals surface area contributed by atoms with Gasteiger partial charge in [-0.15, -0.1) is 12.3 Å². The number of benzene rings is 1. The third-order valence-corrected chi connectivity index (χ3v) is 2.92. The molecule has 0 fully saturated rings. The van der Waals surface area contributed by atoms with Crippen LogP contribution in [-0.4, -0.2) is 5.78 Å². The summed E-state index contributed by atoms with van der Waals surface area (Å²) in [5.74, 6) is 2.82. The third kappa shape index (κ3) is 2.97. The van der Waals surface area contributed by atoms with Gasteiger partial charge in [0, 0.05) is 18.3 Å². The van der Waals surface area contributed by atoms with Gasteiger partial charge in [0.25, 0.3) is 0 Å². The molecule has 0 aliphatic carbocycles. The van der Waals surface area contributed by atoms with Gasteiger partial charge in [0.2, 0.25) is 0 Å². The van der Waals surface area contributed by atoms with Crippen molar-refractivity contribution in [3.8, 4) is 12.3 Å². The number of Topliss-reactive ketones (excluding diaryl/α,β-unsaturated/α-hetero) is 1. The fourth-order valence-corrected chi connectivity index (χ4v) is 1.68. The van der Waals surface area contributed by atoms with Crippen LogP contribution in [0.3, 0.4) is 0 Å². The molecule has 1 nitrogen and oxygen atoms in total. The molecule has 1 rings (SSSR count). The molecular formula is C15H18O. The molecular weight excluding hydrogens is 196 g/mol. The topological polar surface area (TPSA) is 17.1 Å². The van der Waals surface area contributed by atoms with Crippen molar-refractivity contribution in [2.75, 3.05) is 0 Å². The first-order valence-corrected chi connectivity index (χ1v) is 5.61. The van der Waals surface area contributed by atoms with E-state index in [1.54, 1.807) is 0 Å². The molecule has 1 aromatic carbocycles. The summed E-state index contributed by atoms with van der Waals surface area (Å²) < 4.78 is 0. The van der Waals surface area contributed by atoms with E-state index in [1.807, 2.05) is 44.2 Å². The Hall–Kier alpha value is -1.55. The molecule has 0 aromatic heterocycles. The number of terminal acetylenes is 1. The minimum Gasteiger partial charge on any atom is -0.299 e. The van der Waals surface area contributed by atoms with Crippen molar-refractivity contribution in [2.24, 2.45) is 0 Å². The molecule has 0 radical (unpaired) electrons. The van der Waals surface area contributed by atoms with E-state index in [-0.39, 0.29) is 5.78 Å². The maximum absolute atomic E-state index is 12.1. The summed E-state index contributed by atoms with van der Waals surface area (Å²) in [7, 11) is 0. The van der Waals surface area contributed by atoms with Crippen LogP contribution in [0.4, 0.5) is 0 Å². The molecule has 0 saturated carbocycles. The van der Waals surface area contributed by atoms with E-state index in [4.69, 9.17) is 6.42 Å². The SMILES string of the molecule is C#CCCCC(=O)C(C)(C)c1ccccc1. The van der Waals surface area contributed by atoms with Gasteiger partial charge in [0.1, 0.15) is 5.78 Å². The molecule has 0 amide bonds. The highest BCUT2D eigenvalue weighted by atomic mass is 16.1. The fraction of sp³-hybridized carbons (Fsp3) is 0.400. The first kappa shape index (κ1) is 12.5. The summed E-state index contributed by atoms with van der Waals surface area (Å²) in [5, 5.41) is 0.